The van der Waals surface area contributed by atoms with Crippen molar-refractivity contribution in [3.63, 3.8) is 0 Å². The van der Waals surface area contributed by atoms with Crippen molar-refractivity contribution in [1.82, 2.24) is 20.1 Å². The van der Waals surface area contributed by atoms with Crippen LogP contribution in [-0.4, -0.2) is 20.7 Å². The Labute approximate surface area is 98.8 Å². The Bertz CT molecular complexity index is 502. The number of hydrogen-bond acceptors (Lipinski definition) is 3. The molecule has 0 aliphatic heterocycles. The summed E-state index contributed by atoms with van der Waals surface area (Å²) in [5.41, 5.74) is 1.95. The fraction of sp³-hybridized carbons (Fsp3) is 0.0833. The Kier molecular flexibility index (Phi) is 3.30. The van der Waals surface area contributed by atoms with Crippen LogP contribution in [0.3, 0.4) is 0 Å². The lowest BCUT2D eigenvalue weighted by atomic mass is 10.2. The first-order valence-electron chi connectivity index (χ1n) is 5.14. The molecule has 1 amide bonds. The monoisotopic (exact) mass is 228 g/mol. The van der Waals surface area contributed by atoms with Crippen molar-refractivity contribution in [3.05, 3.63) is 55.1 Å². The van der Waals surface area contributed by atoms with E-state index in [4.69, 9.17) is 0 Å². The topological polar surface area (TPSA) is 59.8 Å². The lowest BCUT2D eigenvalue weighted by Gasteiger charge is -2.04. The summed E-state index contributed by atoms with van der Waals surface area (Å²) in [5, 5.41) is 6.74. The van der Waals surface area contributed by atoms with E-state index < -0.39 is 0 Å². The van der Waals surface area contributed by atoms with Gasteiger partial charge in [0.05, 0.1) is 5.69 Å². The van der Waals surface area contributed by atoms with Gasteiger partial charge < -0.3 is 5.32 Å². The number of hydrogen-bond donors (Lipinski definition) is 1. The zero-order valence-corrected chi connectivity index (χ0v) is 9.21. The molecule has 1 N–H and O–H groups in total. The highest BCUT2D eigenvalue weighted by molar-refractivity contribution is 5.86. The molecule has 0 spiro atoms. The Morgan fingerprint density at radius 1 is 1.41 bits per heavy atom. The van der Waals surface area contributed by atoms with Crippen molar-refractivity contribution in [3.8, 4) is 5.69 Å². The van der Waals surface area contributed by atoms with Gasteiger partial charge in [-0.2, -0.15) is 5.10 Å². The van der Waals surface area contributed by atoms with E-state index in [1.165, 1.54) is 12.4 Å². The summed E-state index contributed by atoms with van der Waals surface area (Å²) in [6.07, 6.45) is 4.37. The van der Waals surface area contributed by atoms with Crippen LogP contribution in [-0.2, 0) is 11.3 Å². The third-order valence-electron chi connectivity index (χ3n) is 2.27. The summed E-state index contributed by atoms with van der Waals surface area (Å²) in [7, 11) is 0. The molecule has 5 nitrogen and oxygen atoms in total. The van der Waals surface area contributed by atoms with Gasteiger partial charge in [0.15, 0.2) is 0 Å². The van der Waals surface area contributed by atoms with Gasteiger partial charge >= 0.3 is 0 Å². The maximum absolute atomic E-state index is 11.0. The average molecular weight is 228 g/mol. The Balaban J connectivity index is 2.03. The van der Waals surface area contributed by atoms with Crippen LogP contribution in [0.1, 0.15) is 5.56 Å². The number of benzene rings is 1. The SMILES string of the molecule is C=CC(=O)NCc1ccc(-n2cncn2)cc1. The standard InChI is InChI=1S/C12H12N4O/c1-2-12(17)14-7-10-3-5-11(6-4-10)16-9-13-8-15-16/h2-6,8-9H,1,7H2,(H,14,17). The van der Waals surface area contributed by atoms with Crippen LogP contribution in [0.4, 0.5) is 0 Å². The Morgan fingerprint density at radius 3 is 2.76 bits per heavy atom. The smallest absolute Gasteiger partial charge is 0.243 e. The van der Waals surface area contributed by atoms with E-state index in [0.717, 1.165) is 11.3 Å². The molecule has 17 heavy (non-hydrogen) atoms. The summed E-state index contributed by atoms with van der Waals surface area (Å²) >= 11 is 0. The number of amides is 1. The minimum atomic E-state index is -0.176. The van der Waals surface area contributed by atoms with Crippen molar-refractivity contribution >= 4 is 5.91 Å². The fourth-order valence-corrected chi connectivity index (χ4v) is 1.37. The number of carbonyl (C=O) groups excluding carboxylic acids is 1. The third-order valence-corrected chi connectivity index (χ3v) is 2.27. The van der Waals surface area contributed by atoms with E-state index in [-0.39, 0.29) is 5.91 Å². The molecule has 2 rings (SSSR count). The highest BCUT2D eigenvalue weighted by Crippen LogP contribution is 2.07. The zero-order chi connectivity index (χ0) is 12.1. The lowest BCUT2D eigenvalue weighted by molar-refractivity contribution is -0.116. The summed E-state index contributed by atoms with van der Waals surface area (Å²) < 4.78 is 1.67. The molecule has 0 bridgehead atoms. The van der Waals surface area contributed by atoms with E-state index in [1.54, 1.807) is 11.0 Å². The van der Waals surface area contributed by atoms with Gasteiger partial charge in [0.1, 0.15) is 12.7 Å². The molecule has 0 saturated heterocycles. The first-order chi connectivity index (χ1) is 8.29. The predicted octanol–water partition coefficient (Wildman–Crippen LogP) is 1.07. The summed E-state index contributed by atoms with van der Waals surface area (Å²) in [6, 6.07) is 7.70. The summed E-state index contributed by atoms with van der Waals surface area (Å²) in [5.74, 6) is -0.176. The minimum absolute atomic E-state index is 0.176. The van der Waals surface area contributed by atoms with Gasteiger partial charge in [0.2, 0.25) is 5.91 Å². The molecule has 1 aromatic heterocycles. The van der Waals surface area contributed by atoms with Crippen molar-refractivity contribution < 1.29 is 4.79 Å². The van der Waals surface area contributed by atoms with Gasteiger partial charge in [-0.15, -0.1) is 0 Å². The molecular weight excluding hydrogens is 216 g/mol. The molecule has 0 saturated carbocycles. The molecule has 1 heterocycles. The van der Waals surface area contributed by atoms with Crippen molar-refractivity contribution in [2.24, 2.45) is 0 Å². The molecule has 0 aliphatic carbocycles. The fourth-order valence-electron chi connectivity index (χ4n) is 1.37. The van der Waals surface area contributed by atoms with E-state index in [1.807, 2.05) is 24.3 Å². The summed E-state index contributed by atoms with van der Waals surface area (Å²) in [4.78, 5) is 14.9. The molecule has 1 aromatic carbocycles. The first-order valence-corrected chi connectivity index (χ1v) is 5.14. The second kappa shape index (κ2) is 5.07. The molecule has 2 aromatic rings. The summed E-state index contributed by atoms with van der Waals surface area (Å²) in [6.45, 7) is 3.88. The van der Waals surface area contributed by atoms with Crippen LogP contribution in [0.15, 0.2) is 49.6 Å². The number of nitrogens with one attached hydrogen (secondary N) is 1. The van der Waals surface area contributed by atoms with Gasteiger partial charge in [0, 0.05) is 6.54 Å². The van der Waals surface area contributed by atoms with Gasteiger partial charge in [-0.05, 0) is 23.8 Å². The maximum atomic E-state index is 11.0. The molecule has 0 radical (unpaired) electrons. The largest absolute Gasteiger partial charge is 0.348 e. The highest BCUT2D eigenvalue weighted by Gasteiger charge is 1.98. The van der Waals surface area contributed by atoms with Crippen molar-refractivity contribution in [1.29, 1.82) is 0 Å². The van der Waals surface area contributed by atoms with Crippen LogP contribution in [0, 0.1) is 0 Å². The van der Waals surface area contributed by atoms with Crippen LogP contribution >= 0.6 is 0 Å². The van der Waals surface area contributed by atoms with Gasteiger partial charge in [-0.1, -0.05) is 18.7 Å². The molecule has 5 heteroatoms. The molecule has 0 unspecified atom stereocenters. The predicted molar refractivity (Wildman–Crippen MR) is 63.4 cm³/mol. The van der Waals surface area contributed by atoms with Crippen LogP contribution in [0.5, 0.6) is 0 Å². The van der Waals surface area contributed by atoms with Crippen LogP contribution in [0.25, 0.3) is 5.69 Å². The van der Waals surface area contributed by atoms with E-state index >= 15 is 0 Å². The lowest BCUT2D eigenvalue weighted by Crippen LogP contribution is -2.19. The van der Waals surface area contributed by atoms with E-state index in [0.29, 0.717) is 6.54 Å². The van der Waals surface area contributed by atoms with Gasteiger partial charge in [-0.25, -0.2) is 9.67 Å². The minimum Gasteiger partial charge on any atom is -0.348 e. The molecular formula is C12H12N4O. The number of rotatable bonds is 4. The van der Waals surface area contributed by atoms with Gasteiger partial charge in [-0.3, -0.25) is 4.79 Å². The van der Waals surface area contributed by atoms with Crippen molar-refractivity contribution in [2.75, 3.05) is 0 Å². The second-order valence-electron chi connectivity index (χ2n) is 3.43. The van der Waals surface area contributed by atoms with E-state index in [9.17, 15) is 4.79 Å². The number of nitrogens with zero attached hydrogens (tertiary/aromatic N) is 3. The maximum Gasteiger partial charge on any atom is 0.243 e. The van der Waals surface area contributed by atoms with E-state index in [2.05, 4.69) is 22.0 Å². The quantitative estimate of drug-likeness (QED) is 0.796. The van der Waals surface area contributed by atoms with Gasteiger partial charge in [0.25, 0.3) is 0 Å². The Hall–Kier alpha value is -2.43. The van der Waals surface area contributed by atoms with Crippen LogP contribution < -0.4 is 5.32 Å². The average Bonchev–Trinajstić information content (AvgIpc) is 2.90. The van der Waals surface area contributed by atoms with Crippen molar-refractivity contribution in [2.45, 2.75) is 6.54 Å². The Morgan fingerprint density at radius 2 is 2.18 bits per heavy atom. The number of aromatic nitrogens is 3. The highest BCUT2D eigenvalue weighted by atomic mass is 16.1. The zero-order valence-electron chi connectivity index (χ0n) is 9.21. The normalized spacial score (nSPS) is 9.88. The third kappa shape index (κ3) is 2.78. The molecule has 86 valence electrons. The van der Waals surface area contributed by atoms with Crippen LogP contribution in [0.2, 0.25) is 0 Å². The first kappa shape index (κ1) is 11.1. The molecule has 0 aliphatic rings. The number of carbonyl (C=O) groups is 1. The molecule has 0 fully saturated rings. The second-order valence-corrected chi connectivity index (χ2v) is 3.43. The molecule has 0 atom stereocenters.